The van der Waals surface area contributed by atoms with Gasteiger partial charge in [-0.25, -0.2) is 70.8 Å². The van der Waals surface area contributed by atoms with Gasteiger partial charge in [0.1, 0.15) is 59.3 Å². The van der Waals surface area contributed by atoms with Gasteiger partial charge in [-0.2, -0.15) is 5.26 Å². The second-order valence-electron chi connectivity index (χ2n) is 32.8. The Kier molecular flexibility index (Phi) is 32.3. The molecule has 0 bridgehead atoms. The van der Waals surface area contributed by atoms with Gasteiger partial charge in [0.25, 0.3) is 0 Å². The Morgan fingerprint density at radius 1 is 0.319 bits per heavy atom. The summed E-state index contributed by atoms with van der Waals surface area (Å²) in [7, 11) is 6.47. The molecule has 10 aliphatic rings. The molecule has 34 nitrogen and oxygen atoms in total. The monoisotopic (exact) mass is 2370 g/mol. The van der Waals surface area contributed by atoms with Crippen LogP contribution in [0.4, 0.5) is 22.0 Å². The molecular formula is C95H78Br5F5N20O14S5. The summed E-state index contributed by atoms with van der Waals surface area (Å²) < 4.78 is 95.8. The third-order valence-corrected chi connectivity index (χ3v) is 31.8. The number of fused-ring (bicyclic) bond motifs is 5. The van der Waals surface area contributed by atoms with Crippen LogP contribution < -0.4 is 22.9 Å². The number of thiazole rings is 5. The van der Waals surface area contributed by atoms with Crippen molar-refractivity contribution >= 4 is 219 Å². The number of primary amides is 4. The van der Waals surface area contributed by atoms with Crippen molar-refractivity contribution in [3.05, 3.63) is 310 Å². The highest BCUT2D eigenvalue weighted by Crippen LogP contribution is 2.51. The van der Waals surface area contributed by atoms with E-state index < -0.39 is 136 Å². The first kappa shape index (κ1) is 104. The number of carbonyl (C=O) groups excluding carboxylic acids is 9. The Hall–Kier alpha value is -12.9. The number of nitrogens with two attached hydrogens (primary N) is 4. The molecule has 6 unspecified atom stereocenters. The minimum atomic E-state index is -0.741. The lowest BCUT2D eigenvalue weighted by atomic mass is 9.94. The number of hydrogen-bond acceptors (Lipinski definition) is 35. The van der Waals surface area contributed by atoms with E-state index in [1.165, 1.54) is 153 Å². The smallest absolute Gasteiger partial charge is 0.338 e. The van der Waals surface area contributed by atoms with Gasteiger partial charge in [0.2, 0.25) is 23.6 Å². The van der Waals surface area contributed by atoms with Gasteiger partial charge in [-0.15, -0.1) is 56.7 Å². The highest BCUT2D eigenvalue weighted by Gasteiger charge is 2.51. The highest BCUT2D eigenvalue weighted by molar-refractivity contribution is 9.11. The molecule has 0 saturated carbocycles. The zero-order valence-corrected chi connectivity index (χ0v) is 87.8. The van der Waals surface area contributed by atoms with Gasteiger partial charge in [0.05, 0.1) is 99.1 Å². The molecule has 5 aromatic heterocycles. The number of aliphatic imine (C=N–C) groups is 5. The summed E-state index contributed by atoms with van der Waals surface area (Å²) in [5, 5.41) is 21.9. The predicted molar refractivity (Wildman–Crippen MR) is 539 cm³/mol. The molecule has 15 heterocycles. The zero-order valence-electron chi connectivity index (χ0n) is 75.8. The van der Waals surface area contributed by atoms with E-state index in [9.17, 15) is 70.4 Å². The van der Waals surface area contributed by atoms with Gasteiger partial charge in [0, 0.05) is 174 Å². The number of amidine groups is 5. The van der Waals surface area contributed by atoms with Gasteiger partial charge in [0.15, 0.2) is 54.2 Å². The number of ether oxygens (including phenoxy) is 5. The van der Waals surface area contributed by atoms with Crippen LogP contribution in [0, 0.1) is 70.0 Å². The molecule has 4 amide bonds. The number of nitrogens with zero attached hydrogens (tertiary/aromatic N) is 16. The maximum Gasteiger partial charge on any atom is 0.338 e. The summed E-state index contributed by atoms with van der Waals surface area (Å²) in [6, 6.07) is 19.7. The fourth-order valence-electron chi connectivity index (χ4n) is 17.9. The molecule has 0 radical (unpaired) electrons. The number of allylic oxidation sites excluding steroid dienone is 5. The Morgan fingerprint density at radius 3 is 0.667 bits per heavy atom. The molecule has 8 N–H and O–H groups in total. The van der Waals surface area contributed by atoms with E-state index in [0.29, 0.717) is 226 Å². The zero-order chi connectivity index (χ0) is 103. The summed E-state index contributed by atoms with van der Waals surface area (Å²) in [4.78, 5) is 166. The lowest BCUT2D eigenvalue weighted by molar-refractivity contribution is -0.137. The average Bonchev–Trinajstić information content (AvgIpc) is 1.54. The van der Waals surface area contributed by atoms with E-state index in [1.807, 2.05) is 51.4 Å². The highest BCUT2D eigenvalue weighted by atomic mass is 79.9. The van der Waals surface area contributed by atoms with E-state index >= 15 is 0 Å². The molecule has 5 saturated heterocycles. The fraction of sp³-hybridized carbons (Fsp3) is 0.263. The first-order valence-corrected chi connectivity index (χ1v) is 51.7. The lowest BCUT2D eigenvalue weighted by Crippen LogP contribution is -2.36. The molecule has 49 heteroatoms. The minimum Gasteiger partial charge on any atom is -0.466 e. The van der Waals surface area contributed by atoms with Crippen molar-refractivity contribution in [2.45, 2.75) is 62.3 Å². The molecule has 10 aliphatic heterocycles. The number of aromatic nitrogens is 5. The third kappa shape index (κ3) is 21.3. The van der Waals surface area contributed by atoms with E-state index in [4.69, 9.17) is 71.6 Å². The number of methoxy groups -OCH3 is 5. The topological polar surface area (TPSA) is 470 Å². The van der Waals surface area contributed by atoms with E-state index in [1.54, 1.807) is 61.3 Å². The summed E-state index contributed by atoms with van der Waals surface area (Å²) in [5.41, 5.74) is 30.1. The largest absolute Gasteiger partial charge is 0.466 e. The minimum absolute atomic E-state index is 0.268. The summed E-state index contributed by atoms with van der Waals surface area (Å²) in [5.74, 6) is -5.92. The number of carbonyl (C=O) groups is 9. The first-order chi connectivity index (χ1) is 69.1. The quantitative estimate of drug-likeness (QED) is 0.0332. The third-order valence-electron chi connectivity index (χ3n) is 24.5. The molecule has 144 heavy (non-hydrogen) atoms. The van der Waals surface area contributed by atoms with E-state index in [2.05, 4.69) is 111 Å². The van der Waals surface area contributed by atoms with Crippen molar-refractivity contribution < 1.29 is 88.8 Å². The molecule has 10 aromatic rings. The molecule has 20 rings (SSSR count). The maximum absolute atomic E-state index is 13.7. The van der Waals surface area contributed by atoms with Crippen LogP contribution in [0.15, 0.2) is 253 Å². The number of nitriles is 1. The standard InChI is InChI=1S/4C19H16BrFN4O3S.C19H14BrFN4O2S/c4*1-28-19(27)14-13-6-9(16(22)26)8-25(13)17(18-23-4-5-29-18)24-15(14)11-3-2-10(21)7-12(11)20;1-27-19(26)15-14-6-10(8-22)9-25(14)17(18-23-4-5-28-18)24-16(15)12-3-2-11(21)7-13(12)20/h4*2-5,7,9,15H,6,8H2,1H3,(H2,22,26);2-5,7,10,16H,6,9H2,1H3/t4*9-,15?;/m1111./s1. The second-order valence-corrected chi connectivity index (χ2v) is 41.6. The van der Waals surface area contributed by atoms with Crippen LogP contribution in [-0.4, -0.2) is 200 Å². The molecule has 10 atom stereocenters. The summed E-state index contributed by atoms with van der Waals surface area (Å²) in [6.07, 6.45) is 9.90. The van der Waals surface area contributed by atoms with Gasteiger partial charge in [-0.3, -0.25) is 44.1 Å². The van der Waals surface area contributed by atoms with Gasteiger partial charge >= 0.3 is 29.8 Å². The van der Waals surface area contributed by atoms with E-state index in [-0.39, 0.29) is 5.92 Å². The Labute approximate surface area is 878 Å². The van der Waals surface area contributed by atoms with Crippen molar-refractivity contribution in [1.82, 2.24) is 49.4 Å². The van der Waals surface area contributed by atoms with Crippen LogP contribution in [0.1, 0.15) is 115 Å². The average molecular weight is 2380 g/mol. The van der Waals surface area contributed by atoms with Crippen LogP contribution in [-0.2, 0) is 66.8 Å². The number of halogens is 10. The Bertz CT molecular complexity index is 6540. The fourth-order valence-corrected chi connectivity index (χ4v) is 24.0. The number of rotatable bonds is 19. The van der Waals surface area contributed by atoms with Gasteiger partial charge < -0.3 is 71.1 Å². The normalized spacial score (nSPS) is 21.1. The molecule has 0 spiro atoms. The number of amides is 4. The Balaban J connectivity index is 0.000000129. The van der Waals surface area contributed by atoms with Crippen molar-refractivity contribution in [3.63, 3.8) is 0 Å². The number of hydrogen-bond donors (Lipinski definition) is 4. The van der Waals surface area contributed by atoms with E-state index in [0.717, 1.165) is 0 Å². The second kappa shape index (κ2) is 44.7. The van der Waals surface area contributed by atoms with Crippen molar-refractivity contribution in [2.24, 2.45) is 77.5 Å². The Morgan fingerprint density at radius 2 is 0.507 bits per heavy atom. The van der Waals surface area contributed by atoms with Crippen molar-refractivity contribution in [3.8, 4) is 6.07 Å². The lowest BCUT2D eigenvalue weighted by Gasteiger charge is -2.31. The molecule has 742 valence electrons. The number of benzene rings is 5. The maximum atomic E-state index is 13.7. The number of esters is 5. The van der Waals surface area contributed by atoms with Crippen molar-refractivity contribution in [1.29, 1.82) is 5.26 Å². The molecule has 5 fully saturated rings. The van der Waals surface area contributed by atoms with Gasteiger partial charge in [-0.05, 0) is 88.5 Å². The van der Waals surface area contributed by atoms with Crippen LogP contribution >= 0.6 is 136 Å². The van der Waals surface area contributed by atoms with Crippen LogP contribution in [0.5, 0.6) is 0 Å². The van der Waals surface area contributed by atoms with Crippen LogP contribution in [0.25, 0.3) is 0 Å². The van der Waals surface area contributed by atoms with Crippen LogP contribution in [0.2, 0.25) is 0 Å². The predicted octanol–water partition coefficient (Wildman–Crippen LogP) is 14.9. The molecule has 0 aliphatic carbocycles. The molecular weight excluding hydrogens is 2300 g/mol. The van der Waals surface area contributed by atoms with Gasteiger partial charge in [-0.1, -0.05) is 110 Å². The summed E-state index contributed by atoms with van der Waals surface area (Å²) in [6.45, 7) is 1.66. The van der Waals surface area contributed by atoms with Crippen molar-refractivity contribution in [2.75, 3.05) is 68.3 Å². The molecule has 5 aromatic carbocycles. The first-order valence-electron chi connectivity index (χ1n) is 43.3. The van der Waals surface area contributed by atoms with Crippen LogP contribution in [0.3, 0.4) is 0 Å². The summed E-state index contributed by atoms with van der Waals surface area (Å²) >= 11 is 23.9. The SMILES string of the molecule is COC(=O)C1=C2CC(C#N)CN2C(c2nccs2)=NC1c1ccc(F)cc1Br.COC(=O)C1=C2C[C@@H](C(N)=O)CN2C(c2nccs2)=NC1c1ccc(F)cc1Br.COC(=O)C1=C2C[C@@H](C(N)=O)CN2C(c2nccs2)=NC1c1ccc(F)cc1Br.COC(=O)C1=C2C[C@@H](C(N)=O)CN2C(c2nccs2)=NC1c1ccc(F)cc1Br.COC(=O)C1=C2C[C@@H](C(N)=O)CN2C(c2nccs2)=NC1c1ccc(F)cc1Br.